The molecule has 0 radical (unpaired) electrons. The number of rotatable bonds is 7. The Bertz CT molecular complexity index is 1220. The molecule has 2 amide bonds. The molecular weight excluding hydrogens is 497 g/mol. The van der Waals surface area contributed by atoms with Gasteiger partial charge in [0.05, 0.1) is 24.5 Å². The second-order valence-electron chi connectivity index (χ2n) is 8.58. The molecule has 7 nitrogen and oxygen atoms in total. The Morgan fingerprint density at radius 1 is 1.00 bits per heavy atom. The number of carbonyl (C=O) groups excluding carboxylic acids is 2. The van der Waals surface area contributed by atoms with E-state index in [1.807, 2.05) is 41.8 Å². The van der Waals surface area contributed by atoms with Gasteiger partial charge < -0.3 is 10.2 Å². The van der Waals surface area contributed by atoms with Gasteiger partial charge in [-0.3, -0.25) is 19.4 Å². The van der Waals surface area contributed by atoms with Crippen LogP contribution in [0, 0.1) is 5.82 Å². The standard InChI is InChI=1S/C26H26FN5O2S2/c27-19-3-9-22(10-4-19)31-13-11-30(12-14-31)17-24(33)28-20-5-7-21(8-6-20)29-26-32(25(34)18-36-26)16-23-2-1-15-35-23/h1-10,15H,11-14,16-18H2,(H,28,33). The first kappa shape index (κ1) is 24.5. The first-order valence-electron chi connectivity index (χ1n) is 11.7. The number of piperazine rings is 1. The number of amidine groups is 1. The molecule has 2 aliphatic rings. The van der Waals surface area contributed by atoms with Crippen molar-refractivity contribution in [3.8, 4) is 0 Å². The molecule has 186 valence electrons. The average Bonchev–Trinajstić information content (AvgIpc) is 3.52. The Balaban J connectivity index is 1.12. The maximum atomic E-state index is 13.2. The maximum Gasteiger partial charge on any atom is 0.239 e. The van der Waals surface area contributed by atoms with Crippen molar-refractivity contribution >= 4 is 57.1 Å². The largest absolute Gasteiger partial charge is 0.369 e. The number of halogens is 1. The number of hydrogen-bond donors (Lipinski definition) is 1. The second kappa shape index (κ2) is 11.2. The van der Waals surface area contributed by atoms with E-state index in [9.17, 15) is 14.0 Å². The van der Waals surface area contributed by atoms with Crippen LogP contribution in [0.5, 0.6) is 0 Å². The molecule has 10 heteroatoms. The summed E-state index contributed by atoms with van der Waals surface area (Å²) in [4.78, 5) is 36.7. The monoisotopic (exact) mass is 523 g/mol. The third-order valence-corrected chi connectivity index (χ3v) is 7.88. The highest BCUT2D eigenvalue weighted by atomic mass is 32.2. The third kappa shape index (κ3) is 6.13. The van der Waals surface area contributed by atoms with Crippen LogP contribution in [0.4, 0.5) is 21.5 Å². The molecule has 2 aromatic carbocycles. The van der Waals surface area contributed by atoms with Crippen molar-refractivity contribution < 1.29 is 14.0 Å². The fourth-order valence-corrected chi connectivity index (χ4v) is 5.74. The lowest BCUT2D eigenvalue weighted by molar-refractivity contribution is -0.124. The molecule has 3 heterocycles. The van der Waals surface area contributed by atoms with Crippen LogP contribution in [0.2, 0.25) is 0 Å². The second-order valence-corrected chi connectivity index (χ2v) is 10.6. The molecule has 0 atom stereocenters. The Labute approximate surface area is 217 Å². The molecule has 0 bridgehead atoms. The van der Waals surface area contributed by atoms with Gasteiger partial charge in [0.25, 0.3) is 0 Å². The summed E-state index contributed by atoms with van der Waals surface area (Å²) in [7, 11) is 0. The third-order valence-electron chi connectivity index (χ3n) is 6.06. The number of hydrogen-bond acceptors (Lipinski definition) is 7. The zero-order chi connectivity index (χ0) is 24.9. The molecule has 2 fully saturated rings. The Morgan fingerprint density at radius 3 is 2.44 bits per heavy atom. The van der Waals surface area contributed by atoms with Gasteiger partial charge in [-0.15, -0.1) is 11.3 Å². The zero-order valence-electron chi connectivity index (χ0n) is 19.6. The quantitative estimate of drug-likeness (QED) is 0.497. The van der Waals surface area contributed by atoms with Gasteiger partial charge in [-0.05, 0) is 60.0 Å². The maximum absolute atomic E-state index is 13.2. The molecule has 0 spiro atoms. The van der Waals surface area contributed by atoms with Crippen LogP contribution in [0.15, 0.2) is 71.0 Å². The Hall–Kier alpha value is -3.21. The fourth-order valence-electron chi connectivity index (χ4n) is 4.15. The predicted octanol–water partition coefficient (Wildman–Crippen LogP) is 4.41. The van der Waals surface area contributed by atoms with Crippen LogP contribution in [0.3, 0.4) is 0 Å². The molecule has 1 N–H and O–H groups in total. The van der Waals surface area contributed by atoms with Crippen molar-refractivity contribution in [3.63, 3.8) is 0 Å². The first-order valence-corrected chi connectivity index (χ1v) is 13.6. The molecule has 2 saturated heterocycles. The normalized spacial score (nSPS) is 17.7. The van der Waals surface area contributed by atoms with E-state index in [4.69, 9.17) is 0 Å². The molecule has 3 aromatic rings. The van der Waals surface area contributed by atoms with Crippen molar-refractivity contribution in [3.05, 3.63) is 76.7 Å². The number of amides is 2. The van der Waals surface area contributed by atoms with Gasteiger partial charge in [0, 0.05) is 42.4 Å². The van der Waals surface area contributed by atoms with E-state index in [2.05, 4.69) is 20.1 Å². The molecule has 5 rings (SSSR count). The Morgan fingerprint density at radius 2 is 1.75 bits per heavy atom. The summed E-state index contributed by atoms with van der Waals surface area (Å²) in [5.41, 5.74) is 2.44. The number of thioether (sulfide) groups is 1. The predicted molar refractivity (Wildman–Crippen MR) is 145 cm³/mol. The number of benzene rings is 2. The van der Waals surface area contributed by atoms with E-state index in [0.717, 1.165) is 42.4 Å². The van der Waals surface area contributed by atoms with Gasteiger partial charge in [0.2, 0.25) is 11.8 Å². The number of thiophene rings is 1. The van der Waals surface area contributed by atoms with Gasteiger partial charge in [-0.1, -0.05) is 17.8 Å². The van der Waals surface area contributed by atoms with Crippen LogP contribution in [-0.4, -0.2) is 65.3 Å². The van der Waals surface area contributed by atoms with Crippen molar-refractivity contribution in [2.45, 2.75) is 6.54 Å². The van der Waals surface area contributed by atoms with Gasteiger partial charge in [0.15, 0.2) is 5.17 Å². The summed E-state index contributed by atoms with van der Waals surface area (Å²) in [6.45, 7) is 3.96. The number of nitrogens with one attached hydrogen (secondary N) is 1. The molecular formula is C26H26FN5O2S2. The number of aliphatic imine (C=N–C) groups is 1. The van der Waals surface area contributed by atoms with Crippen molar-refractivity contribution in [1.82, 2.24) is 9.80 Å². The SMILES string of the molecule is O=C(CN1CCN(c2ccc(F)cc2)CC1)Nc1ccc(N=C2SCC(=O)N2Cc2cccs2)cc1. The van der Waals surface area contributed by atoms with Crippen LogP contribution < -0.4 is 10.2 Å². The fraction of sp³-hybridized carbons (Fsp3) is 0.269. The number of anilines is 2. The van der Waals surface area contributed by atoms with Crippen LogP contribution in [0.1, 0.15) is 4.88 Å². The van der Waals surface area contributed by atoms with Crippen molar-refractivity contribution in [2.75, 3.05) is 48.7 Å². The first-order chi connectivity index (χ1) is 17.5. The summed E-state index contributed by atoms with van der Waals surface area (Å²) in [6, 6.07) is 17.9. The molecule has 36 heavy (non-hydrogen) atoms. The van der Waals surface area contributed by atoms with Crippen LogP contribution in [-0.2, 0) is 16.1 Å². The minimum atomic E-state index is -0.238. The lowest BCUT2D eigenvalue weighted by atomic mass is 10.2. The van der Waals surface area contributed by atoms with E-state index < -0.39 is 0 Å². The van der Waals surface area contributed by atoms with Gasteiger partial charge in [-0.2, -0.15) is 0 Å². The Kier molecular flexibility index (Phi) is 7.64. The topological polar surface area (TPSA) is 68.2 Å². The van der Waals surface area contributed by atoms with E-state index in [-0.39, 0.29) is 17.6 Å². The minimum Gasteiger partial charge on any atom is -0.369 e. The summed E-state index contributed by atoms with van der Waals surface area (Å²) < 4.78 is 13.2. The van der Waals surface area contributed by atoms with Gasteiger partial charge in [0.1, 0.15) is 5.82 Å². The van der Waals surface area contributed by atoms with E-state index in [0.29, 0.717) is 29.7 Å². The molecule has 0 saturated carbocycles. The highest BCUT2D eigenvalue weighted by molar-refractivity contribution is 8.15. The number of carbonyl (C=O) groups is 2. The highest BCUT2D eigenvalue weighted by Gasteiger charge is 2.28. The summed E-state index contributed by atoms with van der Waals surface area (Å²) in [5.74, 6) is 0.160. The van der Waals surface area contributed by atoms with Crippen LogP contribution in [0.25, 0.3) is 0 Å². The number of nitrogens with zero attached hydrogens (tertiary/aromatic N) is 4. The van der Waals surface area contributed by atoms with Gasteiger partial charge >= 0.3 is 0 Å². The molecule has 2 aliphatic heterocycles. The highest BCUT2D eigenvalue weighted by Crippen LogP contribution is 2.27. The summed E-state index contributed by atoms with van der Waals surface area (Å²) in [5, 5.41) is 5.65. The van der Waals surface area contributed by atoms with Gasteiger partial charge in [-0.25, -0.2) is 9.38 Å². The van der Waals surface area contributed by atoms with Crippen molar-refractivity contribution in [1.29, 1.82) is 0 Å². The lowest BCUT2D eigenvalue weighted by Gasteiger charge is -2.35. The van der Waals surface area contributed by atoms with E-state index >= 15 is 0 Å². The van der Waals surface area contributed by atoms with Crippen molar-refractivity contribution in [2.24, 2.45) is 4.99 Å². The lowest BCUT2D eigenvalue weighted by Crippen LogP contribution is -2.48. The molecule has 1 aromatic heterocycles. The summed E-state index contributed by atoms with van der Waals surface area (Å²) in [6.07, 6.45) is 0. The minimum absolute atomic E-state index is 0.0644. The average molecular weight is 524 g/mol. The summed E-state index contributed by atoms with van der Waals surface area (Å²) >= 11 is 3.07. The smallest absolute Gasteiger partial charge is 0.239 e. The molecule has 0 unspecified atom stereocenters. The van der Waals surface area contributed by atoms with Crippen LogP contribution >= 0.6 is 23.1 Å². The zero-order valence-corrected chi connectivity index (χ0v) is 21.2. The molecule has 0 aliphatic carbocycles. The van der Waals surface area contributed by atoms with E-state index in [1.54, 1.807) is 28.4 Å². The van der Waals surface area contributed by atoms with E-state index in [1.165, 1.54) is 23.9 Å².